The number of benzene rings is 1. The minimum atomic E-state index is -0.990. The van der Waals surface area contributed by atoms with Crippen molar-refractivity contribution in [1.82, 2.24) is 9.55 Å². The van der Waals surface area contributed by atoms with Gasteiger partial charge in [0.1, 0.15) is 18.1 Å². The molecule has 138 valence electrons. The molecule has 0 saturated heterocycles. The number of fused-ring (bicyclic) bond motifs is 1. The summed E-state index contributed by atoms with van der Waals surface area (Å²) in [5.74, 6) is -2.77. The van der Waals surface area contributed by atoms with Gasteiger partial charge < -0.3 is 14.9 Å². The first kappa shape index (κ1) is 17.8. The van der Waals surface area contributed by atoms with E-state index in [1.807, 2.05) is 0 Å². The zero-order valence-electron chi connectivity index (χ0n) is 13.7. The predicted octanol–water partition coefficient (Wildman–Crippen LogP) is 0.740. The Morgan fingerprint density at radius 3 is 2.67 bits per heavy atom. The van der Waals surface area contributed by atoms with Crippen molar-refractivity contribution in [2.24, 2.45) is 5.73 Å². The number of hydrogen-bond donors (Lipinski definition) is 1. The number of esters is 1. The van der Waals surface area contributed by atoms with Gasteiger partial charge in [-0.2, -0.15) is 0 Å². The van der Waals surface area contributed by atoms with Crippen LogP contribution in [0, 0.1) is 10.1 Å². The number of nitrogens with two attached hydrogens (primary N) is 1. The fraction of sp³-hybridized carbons (Fsp3) is 0.125. The van der Waals surface area contributed by atoms with Crippen molar-refractivity contribution in [2.75, 3.05) is 0 Å². The van der Waals surface area contributed by atoms with E-state index < -0.39 is 41.4 Å². The van der Waals surface area contributed by atoms with Gasteiger partial charge in [-0.1, -0.05) is 12.1 Å². The molecule has 3 rings (SSSR count). The van der Waals surface area contributed by atoms with E-state index in [4.69, 9.17) is 14.9 Å². The van der Waals surface area contributed by atoms with Crippen LogP contribution in [0.3, 0.4) is 0 Å². The lowest BCUT2D eigenvalue weighted by Gasteiger charge is -2.12. The molecule has 0 bridgehead atoms. The van der Waals surface area contributed by atoms with Crippen LogP contribution >= 0.6 is 0 Å². The fourth-order valence-corrected chi connectivity index (χ4v) is 2.38. The summed E-state index contributed by atoms with van der Waals surface area (Å²) in [6, 6.07) is 8.54. The second-order valence-corrected chi connectivity index (χ2v) is 5.37. The zero-order valence-corrected chi connectivity index (χ0v) is 13.7. The molecule has 0 unspecified atom stereocenters. The number of para-hydroxylation sites is 1. The van der Waals surface area contributed by atoms with E-state index in [1.165, 1.54) is 0 Å². The molecule has 1 amide bonds. The van der Waals surface area contributed by atoms with Gasteiger partial charge in [0.15, 0.2) is 5.82 Å². The molecule has 2 heterocycles. The Morgan fingerprint density at radius 1 is 1.26 bits per heavy atom. The van der Waals surface area contributed by atoms with Crippen LogP contribution < -0.4 is 11.3 Å². The molecule has 27 heavy (non-hydrogen) atoms. The lowest BCUT2D eigenvalue weighted by molar-refractivity contribution is -0.402. The molecule has 0 aliphatic rings. The molecule has 0 saturated carbocycles. The minimum absolute atomic E-state index is 0.00749. The Bertz CT molecular complexity index is 1120. The van der Waals surface area contributed by atoms with Crippen LogP contribution in [0.1, 0.15) is 16.4 Å². The molecule has 0 aliphatic carbocycles. The largest absolute Gasteiger partial charge is 0.452 e. The summed E-state index contributed by atoms with van der Waals surface area (Å²) in [5, 5.41) is 10.9. The molecule has 0 fully saturated rings. The van der Waals surface area contributed by atoms with Crippen molar-refractivity contribution in [1.29, 1.82) is 0 Å². The average molecular weight is 372 g/mol. The Balaban J connectivity index is 1.90. The third-order valence-electron chi connectivity index (χ3n) is 3.56. The van der Waals surface area contributed by atoms with E-state index in [-0.39, 0.29) is 17.0 Å². The molecule has 0 atom stereocenters. The molecule has 11 heteroatoms. The van der Waals surface area contributed by atoms with Crippen LogP contribution in [0.5, 0.6) is 0 Å². The Morgan fingerprint density at radius 2 is 2.00 bits per heavy atom. The SMILES string of the molecule is NC(=O)Cn1c(COC(=O)c2ccc([N+](=O)[O-])o2)nc2ccccc2c1=O. The number of amides is 1. The number of hydrogen-bond acceptors (Lipinski definition) is 8. The van der Waals surface area contributed by atoms with Crippen LogP contribution in [0.2, 0.25) is 0 Å². The van der Waals surface area contributed by atoms with Crippen LogP contribution in [-0.4, -0.2) is 26.4 Å². The highest BCUT2D eigenvalue weighted by Crippen LogP contribution is 2.17. The molecule has 0 aliphatic heterocycles. The normalized spacial score (nSPS) is 10.7. The number of primary amides is 1. The van der Waals surface area contributed by atoms with Crippen molar-refractivity contribution in [3.63, 3.8) is 0 Å². The lowest BCUT2D eigenvalue weighted by Crippen LogP contribution is -2.32. The number of furan rings is 1. The van der Waals surface area contributed by atoms with Crippen molar-refractivity contribution in [3.05, 3.63) is 68.5 Å². The highest BCUT2D eigenvalue weighted by Gasteiger charge is 2.20. The molecule has 3 aromatic rings. The average Bonchev–Trinajstić information content (AvgIpc) is 3.13. The van der Waals surface area contributed by atoms with Gasteiger partial charge in [-0.25, -0.2) is 9.78 Å². The number of carbonyl (C=O) groups excluding carboxylic acids is 2. The number of nitrogens with zero attached hydrogens (tertiary/aromatic N) is 3. The van der Waals surface area contributed by atoms with Crippen molar-refractivity contribution < 1.29 is 23.7 Å². The molecular weight excluding hydrogens is 360 g/mol. The third kappa shape index (κ3) is 3.66. The molecule has 11 nitrogen and oxygen atoms in total. The summed E-state index contributed by atoms with van der Waals surface area (Å²) in [7, 11) is 0. The lowest BCUT2D eigenvalue weighted by atomic mass is 10.2. The van der Waals surface area contributed by atoms with Gasteiger partial charge in [0.05, 0.1) is 17.0 Å². The first-order valence-electron chi connectivity index (χ1n) is 7.55. The van der Waals surface area contributed by atoms with Gasteiger partial charge in [-0.15, -0.1) is 0 Å². The van der Waals surface area contributed by atoms with Crippen molar-refractivity contribution in [3.8, 4) is 0 Å². The third-order valence-corrected chi connectivity index (χ3v) is 3.56. The maximum Gasteiger partial charge on any atom is 0.433 e. The van der Waals surface area contributed by atoms with Gasteiger partial charge in [0.25, 0.3) is 5.56 Å². The number of ether oxygens (including phenoxy) is 1. The standard InChI is InChI=1S/C16H12N4O7/c17-12(21)7-19-13(18-10-4-2-1-3-9(10)15(19)22)8-26-16(23)11-5-6-14(27-11)20(24)25/h1-6H,7-8H2,(H2,17,21). The Kier molecular flexibility index (Phi) is 4.66. The zero-order chi connectivity index (χ0) is 19.6. The maximum absolute atomic E-state index is 12.6. The Labute approximate surface area is 150 Å². The van der Waals surface area contributed by atoms with E-state index in [0.717, 1.165) is 16.7 Å². The van der Waals surface area contributed by atoms with E-state index in [2.05, 4.69) is 4.98 Å². The first-order valence-corrected chi connectivity index (χ1v) is 7.55. The monoisotopic (exact) mass is 372 g/mol. The van der Waals surface area contributed by atoms with E-state index in [0.29, 0.717) is 5.52 Å². The highest BCUT2D eigenvalue weighted by molar-refractivity contribution is 5.86. The second kappa shape index (κ2) is 7.07. The topological polar surface area (TPSA) is 161 Å². The number of aromatic nitrogens is 2. The fourth-order valence-electron chi connectivity index (χ4n) is 2.38. The van der Waals surface area contributed by atoms with Crippen LogP contribution in [-0.2, 0) is 22.7 Å². The summed E-state index contributed by atoms with van der Waals surface area (Å²) in [4.78, 5) is 49.9. The summed E-state index contributed by atoms with van der Waals surface area (Å²) < 4.78 is 10.8. The summed E-state index contributed by atoms with van der Waals surface area (Å²) in [6.07, 6.45) is 0. The molecule has 0 radical (unpaired) electrons. The first-order chi connectivity index (χ1) is 12.9. The summed E-state index contributed by atoms with van der Waals surface area (Å²) >= 11 is 0. The summed E-state index contributed by atoms with van der Waals surface area (Å²) in [6.45, 7) is -0.920. The van der Waals surface area contributed by atoms with Crippen molar-refractivity contribution >= 4 is 28.7 Å². The van der Waals surface area contributed by atoms with Gasteiger partial charge in [0.2, 0.25) is 11.7 Å². The molecule has 2 N–H and O–H groups in total. The highest BCUT2D eigenvalue weighted by atomic mass is 16.7. The van der Waals surface area contributed by atoms with Crippen molar-refractivity contribution in [2.45, 2.75) is 13.2 Å². The number of rotatable bonds is 6. The van der Waals surface area contributed by atoms with Gasteiger partial charge >= 0.3 is 11.9 Å². The second-order valence-electron chi connectivity index (χ2n) is 5.37. The van der Waals surface area contributed by atoms with E-state index in [9.17, 15) is 24.5 Å². The predicted molar refractivity (Wildman–Crippen MR) is 89.7 cm³/mol. The molecule has 2 aromatic heterocycles. The number of carbonyl (C=O) groups is 2. The van der Waals surface area contributed by atoms with Crippen LogP contribution in [0.15, 0.2) is 45.6 Å². The number of nitro groups is 1. The van der Waals surface area contributed by atoms with E-state index in [1.54, 1.807) is 24.3 Å². The van der Waals surface area contributed by atoms with Gasteiger partial charge in [-0.05, 0) is 18.2 Å². The Hall–Kier alpha value is -4.02. The maximum atomic E-state index is 12.6. The molecule has 0 spiro atoms. The minimum Gasteiger partial charge on any atom is -0.452 e. The van der Waals surface area contributed by atoms with Crippen LogP contribution in [0.25, 0.3) is 10.9 Å². The molecular formula is C16H12N4O7. The van der Waals surface area contributed by atoms with Crippen LogP contribution in [0.4, 0.5) is 5.88 Å². The molecule has 1 aromatic carbocycles. The van der Waals surface area contributed by atoms with Gasteiger partial charge in [0, 0.05) is 0 Å². The summed E-state index contributed by atoms with van der Waals surface area (Å²) in [5.41, 5.74) is 5.01. The quantitative estimate of drug-likeness (QED) is 0.376. The van der Waals surface area contributed by atoms with Gasteiger partial charge in [-0.3, -0.25) is 24.3 Å². The van der Waals surface area contributed by atoms with E-state index >= 15 is 0 Å². The smallest absolute Gasteiger partial charge is 0.433 e.